The molecule has 2 atom stereocenters. The summed E-state index contributed by atoms with van der Waals surface area (Å²) in [6.07, 6.45) is 6.70. The molecular formula is C11H18N4. The van der Waals surface area contributed by atoms with Crippen LogP contribution < -0.4 is 11.1 Å². The van der Waals surface area contributed by atoms with E-state index < -0.39 is 0 Å². The topological polar surface area (TPSA) is 63.8 Å². The number of hydrogen-bond acceptors (Lipinski definition) is 4. The summed E-state index contributed by atoms with van der Waals surface area (Å²) in [4.78, 5) is 8.04. The minimum atomic E-state index is 0.524. The molecule has 1 saturated carbocycles. The third-order valence-electron chi connectivity index (χ3n) is 3.13. The lowest BCUT2D eigenvalue weighted by atomic mass is 9.86. The van der Waals surface area contributed by atoms with E-state index in [-0.39, 0.29) is 0 Å². The summed E-state index contributed by atoms with van der Waals surface area (Å²) >= 11 is 0. The maximum absolute atomic E-state index is 5.61. The molecule has 1 fully saturated rings. The Morgan fingerprint density at radius 2 is 2.13 bits per heavy atom. The summed E-state index contributed by atoms with van der Waals surface area (Å²) in [6, 6.07) is 2.33. The predicted octanol–water partition coefficient (Wildman–Crippen LogP) is 2.05. The van der Waals surface area contributed by atoms with E-state index in [1.165, 1.54) is 32.0 Å². The molecule has 3 N–H and O–H groups in total. The van der Waals surface area contributed by atoms with Gasteiger partial charge in [-0.15, -0.1) is 0 Å². The molecule has 0 unspecified atom stereocenters. The summed E-state index contributed by atoms with van der Waals surface area (Å²) in [7, 11) is 0. The van der Waals surface area contributed by atoms with Gasteiger partial charge in [0, 0.05) is 12.1 Å². The average molecular weight is 206 g/mol. The van der Waals surface area contributed by atoms with Gasteiger partial charge in [0.05, 0.1) is 0 Å². The third-order valence-corrected chi connectivity index (χ3v) is 3.13. The molecule has 0 aromatic carbocycles. The van der Waals surface area contributed by atoms with Crippen molar-refractivity contribution in [3.8, 4) is 0 Å². The number of hydrogen-bond donors (Lipinski definition) is 2. The molecule has 1 aliphatic carbocycles. The first kappa shape index (κ1) is 10.2. The van der Waals surface area contributed by atoms with Gasteiger partial charge in [-0.2, -0.15) is 0 Å². The summed E-state index contributed by atoms with van der Waals surface area (Å²) < 4.78 is 0. The van der Waals surface area contributed by atoms with Crippen LogP contribution in [0.3, 0.4) is 0 Å². The SMILES string of the molecule is C[C@@H]1CCCC[C@H]1Nc1cc(N)ncn1. The van der Waals surface area contributed by atoms with Gasteiger partial charge in [0.2, 0.25) is 0 Å². The van der Waals surface area contributed by atoms with Crippen molar-refractivity contribution in [2.24, 2.45) is 5.92 Å². The third kappa shape index (κ3) is 2.58. The fourth-order valence-electron chi connectivity index (χ4n) is 2.17. The van der Waals surface area contributed by atoms with Crippen molar-refractivity contribution >= 4 is 11.6 Å². The van der Waals surface area contributed by atoms with Gasteiger partial charge in [-0.25, -0.2) is 9.97 Å². The standard InChI is InChI=1S/C11H18N4/c1-8-4-2-3-5-9(8)15-11-6-10(12)13-7-14-11/h6-9H,2-5H2,1H3,(H3,12,13,14,15)/t8-,9-/m1/s1. The van der Waals surface area contributed by atoms with Crippen LogP contribution in [0.15, 0.2) is 12.4 Å². The maximum atomic E-state index is 5.61. The molecule has 0 aliphatic heterocycles. The largest absolute Gasteiger partial charge is 0.384 e. The second-order valence-corrected chi connectivity index (χ2v) is 4.34. The predicted molar refractivity (Wildman–Crippen MR) is 61.5 cm³/mol. The van der Waals surface area contributed by atoms with Crippen molar-refractivity contribution in [2.45, 2.75) is 38.6 Å². The molecule has 2 rings (SSSR count). The van der Waals surface area contributed by atoms with Gasteiger partial charge in [0.25, 0.3) is 0 Å². The van der Waals surface area contributed by atoms with Crippen molar-refractivity contribution in [2.75, 3.05) is 11.1 Å². The second kappa shape index (κ2) is 4.47. The summed E-state index contributed by atoms with van der Waals surface area (Å²) in [5.74, 6) is 2.09. The molecule has 0 amide bonds. The fourth-order valence-corrected chi connectivity index (χ4v) is 2.17. The highest BCUT2D eigenvalue weighted by Gasteiger charge is 2.21. The minimum absolute atomic E-state index is 0.524. The Kier molecular flexibility index (Phi) is 3.04. The van der Waals surface area contributed by atoms with Gasteiger partial charge in [0.15, 0.2) is 0 Å². The van der Waals surface area contributed by atoms with Crippen molar-refractivity contribution in [1.29, 1.82) is 0 Å². The van der Waals surface area contributed by atoms with Crippen LogP contribution in [-0.4, -0.2) is 16.0 Å². The lowest BCUT2D eigenvalue weighted by Crippen LogP contribution is -2.30. The summed E-state index contributed by atoms with van der Waals surface area (Å²) in [5, 5.41) is 3.44. The molecule has 0 saturated heterocycles. The molecule has 0 bridgehead atoms. The number of rotatable bonds is 2. The molecule has 0 radical (unpaired) electrons. The molecule has 4 heteroatoms. The minimum Gasteiger partial charge on any atom is -0.384 e. The Morgan fingerprint density at radius 3 is 2.87 bits per heavy atom. The molecule has 15 heavy (non-hydrogen) atoms. The zero-order valence-corrected chi connectivity index (χ0v) is 9.11. The average Bonchev–Trinajstić information content (AvgIpc) is 2.22. The summed E-state index contributed by atoms with van der Waals surface area (Å²) in [6.45, 7) is 2.29. The molecule has 1 heterocycles. The van der Waals surface area contributed by atoms with E-state index in [0.29, 0.717) is 11.9 Å². The first-order valence-corrected chi connectivity index (χ1v) is 5.60. The first-order valence-electron chi connectivity index (χ1n) is 5.60. The van der Waals surface area contributed by atoms with E-state index in [9.17, 15) is 0 Å². The van der Waals surface area contributed by atoms with Gasteiger partial charge in [0.1, 0.15) is 18.0 Å². The van der Waals surface area contributed by atoms with Crippen LogP contribution in [0.5, 0.6) is 0 Å². The van der Waals surface area contributed by atoms with E-state index in [2.05, 4.69) is 22.2 Å². The van der Waals surface area contributed by atoms with Crippen molar-refractivity contribution in [3.63, 3.8) is 0 Å². The fraction of sp³-hybridized carbons (Fsp3) is 0.636. The van der Waals surface area contributed by atoms with E-state index >= 15 is 0 Å². The Hall–Kier alpha value is -1.32. The Bertz CT molecular complexity index is 326. The highest BCUT2D eigenvalue weighted by atomic mass is 15.0. The second-order valence-electron chi connectivity index (χ2n) is 4.34. The highest BCUT2D eigenvalue weighted by molar-refractivity contribution is 5.44. The number of nitrogens with two attached hydrogens (primary N) is 1. The molecule has 1 aromatic rings. The van der Waals surface area contributed by atoms with E-state index in [1.54, 1.807) is 6.07 Å². The molecule has 4 nitrogen and oxygen atoms in total. The van der Waals surface area contributed by atoms with Crippen LogP contribution in [-0.2, 0) is 0 Å². The van der Waals surface area contributed by atoms with Crippen LogP contribution >= 0.6 is 0 Å². The smallest absolute Gasteiger partial charge is 0.131 e. The zero-order chi connectivity index (χ0) is 10.7. The number of nitrogen functional groups attached to an aromatic ring is 1. The molecular weight excluding hydrogens is 188 g/mol. The number of nitrogens with one attached hydrogen (secondary N) is 1. The molecule has 1 aromatic heterocycles. The Labute approximate surface area is 90.3 Å². The van der Waals surface area contributed by atoms with Crippen LogP contribution in [0.1, 0.15) is 32.6 Å². The van der Waals surface area contributed by atoms with Gasteiger partial charge in [-0.1, -0.05) is 19.8 Å². The lowest BCUT2D eigenvalue weighted by Gasteiger charge is -2.29. The Morgan fingerprint density at radius 1 is 1.33 bits per heavy atom. The van der Waals surface area contributed by atoms with Gasteiger partial charge in [-0.3, -0.25) is 0 Å². The van der Waals surface area contributed by atoms with Crippen molar-refractivity contribution < 1.29 is 0 Å². The van der Waals surface area contributed by atoms with Crippen molar-refractivity contribution in [1.82, 2.24) is 9.97 Å². The Balaban J connectivity index is 2.01. The van der Waals surface area contributed by atoms with Crippen LogP contribution in [0.4, 0.5) is 11.6 Å². The zero-order valence-electron chi connectivity index (χ0n) is 9.11. The van der Waals surface area contributed by atoms with Gasteiger partial charge >= 0.3 is 0 Å². The lowest BCUT2D eigenvalue weighted by molar-refractivity contribution is 0.349. The molecule has 0 spiro atoms. The van der Waals surface area contributed by atoms with Gasteiger partial charge in [-0.05, 0) is 18.8 Å². The quantitative estimate of drug-likeness (QED) is 0.777. The van der Waals surface area contributed by atoms with Crippen LogP contribution in [0.25, 0.3) is 0 Å². The van der Waals surface area contributed by atoms with Crippen molar-refractivity contribution in [3.05, 3.63) is 12.4 Å². The highest BCUT2D eigenvalue weighted by Crippen LogP contribution is 2.26. The van der Waals surface area contributed by atoms with Gasteiger partial charge < -0.3 is 11.1 Å². The maximum Gasteiger partial charge on any atom is 0.131 e. The van der Waals surface area contributed by atoms with E-state index in [1.807, 2.05) is 0 Å². The first-order chi connectivity index (χ1) is 7.25. The van der Waals surface area contributed by atoms with Crippen LogP contribution in [0.2, 0.25) is 0 Å². The summed E-state index contributed by atoms with van der Waals surface area (Å²) in [5.41, 5.74) is 5.61. The number of nitrogens with zero attached hydrogens (tertiary/aromatic N) is 2. The number of anilines is 2. The molecule has 82 valence electrons. The van der Waals surface area contributed by atoms with Crippen LogP contribution in [0, 0.1) is 5.92 Å². The van der Waals surface area contributed by atoms with E-state index in [4.69, 9.17) is 5.73 Å². The normalized spacial score (nSPS) is 26.2. The monoisotopic (exact) mass is 206 g/mol. The molecule has 1 aliphatic rings. The van der Waals surface area contributed by atoms with E-state index in [0.717, 1.165) is 11.7 Å². The number of aromatic nitrogens is 2.